The van der Waals surface area contributed by atoms with Gasteiger partial charge in [-0.05, 0) is 24.3 Å². The molecule has 104 valence electrons. The van der Waals surface area contributed by atoms with Gasteiger partial charge >= 0.3 is 0 Å². The highest BCUT2D eigenvalue weighted by Gasteiger charge is 2.39. The Bertz CT molecular complexity index is 458. The summed E-state index contributed by atoms with van der Waals surface area (Å²) in [5.74, 6) is 0.145. The average molecular weight is 280 g/mol. The predicted octanol–water partition coefficient (Wildman–Crippen LogP) is 2.01. The fourth-order valence-corrected chi connectivity index (χ4v) is 2.96. The third-order valence-corrected chi connectivity index (χ3v) is 4.67. The van der Waals surface area contributed by atoms with Crippen LogP contribution in [0.3, 0.4) is 0 Å². The number of piperazine rings is 1. The van der Waals surface area contributed by atoms with E-state index in [4.69, 9.17) is 0 Å². The van der Waals surface area contributed by atoms with Crippen molar-refractivity contribution in [1.29, 1.82) is 0 Å². The first-order valence-electron chi connectivity index (χ1n) is 6.67. The van der Waals surface area contributed by atoms with E-state index in [1.807, 2.05) is 31.4 Å². The highest BCUT2D eigenvalue weighted by atomic mass is 32.1. The molecule has 1 aromatic rings. The molecule has 4 nitrogen and oxygen atoms in total. The third kappa shape index (κ3) is 2.81. The standard InChI is InChI=1S/C14H20N2O2S/c1-4-9(2)12-14(18)16(10(3)13(17)15-12)8-11-6-5-7-19-11/h5-7,9-10,12H,4,8H2,1-3H3,(H,15,17). The van der Waals surface area contributed by atoms with Gasteiger partial charge in [-0.25, -0.2) is 0 Å². The van der Waals surface area contributed by atoms with Crippen molar-refractivity contribution in [3.63, 3.8) is 0 Å². The number of nitrogens with one attached hydrogen (secondary N) is 1. The van der Waals surface area contributed by atoms with Crippen molar-refractivity contribution in [2.45, 2.75) is 45.8 Å². The zero-order chi connectivity index (χ0) is 14.0. The Balaban J connectivity index is 2.19. The number of carbonyl (C=O) groups is 2. The van der Waals surface area contributed by atoms with Crippen LogP contribution in [0.15, 0.2) is 17.5 Å². The summed E-state index contributed by atoms with van der Waals surface area (Å²) < 4.78 is 0. The van der Waals surface area contributed by atoms with Crippen LogP contribution in [-0.4, -0.2) is 28.8 Å². The Kier molecular flexibility index (Phi) is 4.24. The number of hydrogen-bond acceptors (Lipinski definition) is 3. The number of rotatable bonds is 4. The van der Waals surface area contributed by atoms with Gasteiger partial charge in [-0.3, -0.25) is 9.59 Å². The molecule has 1 aliphatic heterocycles. The predicted molar refractivity (Wildman–Crippen MR) is 75.7 cm³/mol. The van der Waals surface area contributed by atoms with E-state index < -0.39 is 6.04 Å². The van der Waals surface area contributed by atoms with Crippen LogP contribution >= 0.6 is 11.3 Å². The van der Waals surface area contributed by atoms with Gasteiger partial charge in [-0.2, -0.15) is 0 Å². The molecular formula is C14H20N2O2S. The molecule has 1 fully saturated rings. The maximum Gasteiger partial charge on any atom is 0.246 e. The first-order chi connectivity index (χ1) is 9.04. The Morgan fingerprint density at radius 3 is 2.79 bits per heavy atom. The van der Waals surface area contributed by atoms with Gasteiger partial charge in [0.2, 0.25) is 11.8 Å². The number of amides is 2. The smallest absolute Gasteiger partial charge is 0.246 e. The van der Waals surface area contributed by atoms with E-state index in [9.17, 15) is 9.59 Å². The fraction of sp³-hybridized carbons (Fsp3) is 0.571. The van der Waals surface area contributed by atoms with E-state index in [2.05, 4.69) is 5.32 Å². The maximum atomic E-state index is 12.5. The van der Waals surface area contributed by atoms with Crippen molar-refractivity contribution in [1.82, 2.24) is 10.2 Å². The lowest BCUT2D eigenvalue weighted by Crippen LogP contribution is -2.63. The van der Waals surface area contributed by atoms with E-state index in [-0.39, 0.29) is 23.8 Å². The van der Waals surface area contributed by atoms with Crippen LogP contribution in [0, 0.1) is 5.92 Å². The summed E-state index contributed by atoms with van der Waals surface area (Å²) in [6.07, 6.45) is 0.873. The molecule has 3 atom stereocenters. The van der Waals surface area contributed by atoms with Crippen LogP contribution in [0.4, 0.5) is 0 Å². The van der Waals surface area contributed by atoms with Gasteiger partial charge in [0.05, 0.1) is 6.54 Å². The maximum absolute atomic E-state index is 12.5. The Morgan fingerprint density at radius 2 is 2.21 bits per heavy atom. The van der Waals surface area contributed by atoms with Gasteiger partial charge in [0.1, 0.15) is 12.1 Å². The fourth-order valence-electron chi connectivity index (χ4n) is 2.25. The molecular weight excluding hydrogens is 260 g/mol. The molecule has 0 spiro atoms. The molecule has 5 heteroatoms. The van der Waals surface area contributed by atoms with E-state index in [1.165, 1.54) is 0 Å². The Labute approximate surface area is 117 Å². The highest BCUT2D eigenvalue weighted by molar-refractivity contribution is 7.09. The van der Waals surface area contributed by atoms with Crippen LogP contribution in [-0.2, 0) is 16.1 Å². The first kappa shape index (κ1) is 14.1. The number of thiophene rings is 1. The van der Waals surface area contributed by atoms with Crippen molar-refractivity contribution in [3.8, 4) is 0 Å². The summed E-state index contributed by atoms with van der Waals surface area (Å²) in [6.45, 7) is 6.35. The highest BCUT2D eigenvalue weighted by Crippen LogP contribution is 2.21. The molecule has 0 saturated carbocycles. The largest absolute Gasteiger partial charge is 0.342 e. The SMILES string of the molecule is CCC(C)C1NC(=O)C(C)N(Cc2cccs2)C1=O. The quantitative estimate of drug-likeness (QED) is 0.917. The van der Waals surface area contributed by atoms with Crippen molar-refractivity contribution in [2.75, 3.05) is 0 Å². The summed E-state index contributed by atoms with van der Waals surface area (Å²) in [4.78, 5) is 27.3. The molecule has 0 bridgehead atoms. The molecule has 0 radical (unpaired) electrons. The number of nitrogens with zero attached hydrogens (tertiary/aromatic N) is 1. The summed E-state index contributed by atoms with van der Waals surface area (Å²) in [5.41, 5.74) is 0. The summed E-state index contributed by atoms with van der Waals surface area (Å²) in [6, 6.07) is 3.18. The molecule has 1 aromatic heterocycles. The number of hydrogen-bond donors (Lipinski definition) is 1. The van der Waals surface area contributed by atoms with Gasteiger partial charge < -0.3 is 10.2 Å². The van der Waals surface area contributed by atoms with Crippen molar-refractivity contribution in [3.05, 3.63) is 22.4 Å². The normalized spacial score (nSPS) is 25.3. The second kappa shape index (κ2) is 5.74. The van der Waals surface area contributed by atoms with Gasteiger partial charge in [-0.1, -0.05) is 26.3 Å². The van der Waals surface area contributed by atoms with E-state index in [0.717, 1.165) is 11.3 Å². The van der Waals surface area contributed by atoms with Crippen molar-refractivity contribution in [2.24, 2.45) is 5.92 Å². The zero-order valence-corrected chi connectivity index (χ0v) is 12.4. The van der Waals surface area contributed by atoms with Gasteiger partial charge in [-0.15, -0.1) is 11.3 Å². The minimum Gasteiger partial charge on any atom is -0.342 e. The van der Waals surface area contributed by atoms with E-state index in [1.54, 1.807) is 23.2 Å². The molecule has 2 amide bonds. The van der Waals surface area contributed by atoms with Gasteiger partial charge in [0.15, 0.2) is 0 Å². The van der Waals surface area contributed by atoms with E-state index >= 15 is 0 Å². The lowest BCUT2D eigenvalue weighted by atomic mass is 9.94. The Morgan fingerprint density at radius 1 is 1.47 bits per heavy atom. The van der Waals surface area contributed by atoms with Crippen molar-refractivity contribution >= 4 is 23.2 Å². The molecule has 1 N–H and O–H groups in total. The summed E-state index contributed by atoms with van der Waals surface area (Å²) in [5, 5.41) is 4.84. The summed E-state index contributed by atoms with van der Waals surface area (Å²) >= 11 is 1.61. The molecule has 1 aliphatic rings. The topological polar surface area (TPSA) is 49.4 Å². The molecule has 1 saturated heterocycles. The molecule has 0 aliphatic carbocycles. The van der Waals surface area contributed by atoms with Gasteiger partial charge in [0, 0.05) is 4.88 Å². The van der Waals surface area contributed by atoms with Crippen molar-refractivity contribution < 1.29 is 9.59 Å². The van der Waals surface area contributed by atoms with Crippen LogP contribution in [0.1, 0.15) is 32.1 Å². The average Bonchev–Trinajstić information content (AvgIpc) is 2.91. The molecule has 3 unspecified atom stereocenters. The van der Waals surface area contributed by atoms with Crippen LogP contribution in [0.25, 0.3) is 0 Å². The first-order valence-corrected chi connectivity index (χ1v) is 7.55. The van der Waals surface area contributed by atoms with Crippen LogP contribution in [0.5, 0.6) is 0 Å². The second-order valence-corrected chi connectivity index (χ2v) is 6.13. The van der Waals surface area contributed by atoms with Crippen LogP contribution < -0.4 is 5.32 Å². The number of carbonyl (C=O) groups excluding carboxylic acids is 2. The summed E-state index contributed by atoms with van der Waals surface area (Å²) in [7, 11) is 0. The zero-order valence-electron chi connectivity index (χ0n) is 11.6. The molecule has 19 heavy (non-hydrogen) atoms. The second-order valence-electron chi connectivity index (χ2n) is 5.09. The molecule has 2 rings (SSSR count). The minimum atomic E-state index is -0.394. The lowest BCUT2D eigenvalue weighted by Gasteiger charge is -2.39. The third-order valence-electron chi connectivity index (χ3n) is 3.81. The van der Waals surface area contributed by atoms with Crippen LogP contribution in [0.2, 0.25) is 0 Å². The monoisotopic (exact) mass is 280 g/mol. The van der Waals surface area contributed by atoms with E-state index in [0.29, 0.717) is 6.54 Å². The Hall–Kier alpha value is -1.36. The molecule has 2 heterocycles. The van der Waals surface area contributed by atoms with Gasteiger partial charge in [0.25, 0.3) is 0 Å². The molecule has 0 aromatic carbocycles. The lowest BCUT2D eigenvalue weighted by molar-refractivity contribution is -0.150. The minimum absolute atomic E-state index is 0.0369.